The normalized spacial score (nSPS) is 23.9. The van der Waals surface area contributed by atoms with Crippen LogP contribution in [0.4, 0.5) is 0 Å². The number of ketones is 1. The van der Waals surface area contributed by atoms with E-state index in [1.165, 1.54) is 5.39 Å². The first-order valence-corrected chi connectivity index (χ1v) is 30.9. The molecule has 18 nitrogen and oxygen atoms in total. The summed E-state index contributed by atoms with van der Waals surface area (Å²) in [5.41, 5.74) is 11.9. The third-order valence-electron chi connectivity index (χ3n) is 20.8. The van der Waals surface area contributed by atoms with Gasteiger partial charge in [-0.15, -0.1) is 0 Å². The van der Waals surface area contributed by atoms with Gasteiger partial charge < -0.3 is 58.1 Å². The number of fused-ring (bicyclic) bond motifs is 26. The molecule has 3 N–H and O–H groups in total. The molecule has 2 saturated heterocycles. The molecule has 6 aliphatic rings. The van der Waals surface area contributed by atoms with E-state index in [9.17, 15) is 24.0 Å². The topological polar surface area (TPSA) is 185 Å². The van der Waals surface area contributed by atoms with Crippen molar-refractivity contribution >= 4 is 117 Å². The minimum absolute atomic E-state index is 0. The zero-order valence-corrected chi connectivity index (χ0v) is 51.0. The summed E-state index contributed by atoms with van der Waals surface area (Å²) in [5, 5.41) is 16.9. The maximum absolute atomic E-state index is 13.7. The van der Waals surface area contributed by atoms with Gasteiger partial charge in [0.05, 0.1) is 55.7 Å². The second-order valence-corrected chi connectivity index (χ2v) is 25.2. The van der Waals surface area contributed by atoms with Gasteiger partial charge >= 0.3 is 0 Å². The maximum atomic E-state index is 13.7. The van der Waals surface area contributed by atoms with E-state index < -0.39 is 23.8 Å². The molecule has 454 valence electrons. The number of aryl methyl sites for hydroxylation is 1. The molecule has 7 aromatic carbocycles. The predicted molar refractivity (Wildman–Crippen MR) is 344 cm³/mol. The number of amides is 4. The summed E-state index contributed by atoms with van der Waals surface area (Å²) in [7, 11) is 10.6. The molecule has 89 heavy (non-hydrogen) atoms. The lowest BCUT2D eigenvalue weighted by atomic mass is 9.91. The predicted octanol–water partition coefficient (Wildman–Crippen LogP) is 10.9. The number of nitrogens with zero attached hydrogens (tertiary/aromatic N) is 6. The highest BCUT2D eigenvalue weighted by atomic mass is 16.6. The summed E-state index contributed by atoms with van der Waals surface area (Å²) >= 11 is 0. The highest BCUT2D eigenvalue weighted by Crippen LogP contribution is 2.57. The van der Waals surface area contributed by atoms with Crippen molar-refractivity contribution in [3.05, 3.63) is 155 Å². The second-order valence-electron chi connectivity index (χ2n) is 25.2. The molecule has 0 radical (unpaired) electrons. The standard InChI is InChI=1S/C38H36N4O4.C33H33N5O5.H2/c1-38-36(45-4)28(40(3)20-21-13-15-22(16-14-21)37(44)39-2)19-30(46-38)41-26-11-7-5-9-23(26)33-32-25(17-18-29(32)43)31-24-10-6-8-12-27(24)42(38)35(31)34(33)41;1-33-31(42-4)22(36(3)24(40)14-13-23(39)34-2)15-25(43-33)37-20-11-7-5-9-17(20)27-28-19(16-35-32(28)41)26-18-10-6-8-12-21(18)38(33)30(26)29(27)37;/h5-16,28,30,36H,17-20H2,1-4H3,(H,39,44);5-12,22,25,31H,13-16H2,1-4H3,(H,34,39)(H,35,41);1H/t28-,30-,36-,38+;22-,25-,31-,33+;/m11./s1. The minimum Gasteiger partial charge on any atom is -0.375 e. The Hall–Kier alpha value is -8.91. The number of carbonyl (C=O) groups is 5. The van der Waals surface area contributed by atoms with Crippen LogP contribution in [0.3, 0.4) is 0 Å². The molecule has 5 aliphatic heterocycles. The maximum Gasteiger partial charge on any atom is 0.252 e. The van der Waals surface area contributed by atoms with E-state index in [0.717, 1.165) is 116 Å². The van der Waals surface area contributed by atoms with E-state index in [4.69, 9.17) is 18.9 Å². The quantitative estimate of drug-likeness (QED) is 0.119. The van der Waals surface area contributed by atoms with Gasteiger partial charge in [0, 0.05) is 142 Å². The Morgan fingerprint density at radius 1 is 0.607 bits per heavy atom. The number of para-hydroxylation sites is 4. The first kappa shape index (κ1) is 55.4. The largest absolute Gasteiger partial charge is 0.375 e. The van der Waals surface area contributed by atoms with E-state index in [1.54, 1.807) is 40.3 Å². The molecule has 11 aromatic rings. The summed E-state index contributed by atoms with van der Waals surface area (Å²) in [6, 6.07) is 40.9. The zero-order chi connectivity index (χ0) is 61.3. The van der Waals surface area contributed by atoms with Gasteiger partial charge in [-0.25, -0.2) is 0 Å². The highest BCUT2D eigenvalue weighted by Gasteiger charge is 2.57. The molecule has 9 heterocycles. The van der Waals surface area contributed by atoms with Crippen LogP contribution in [-0.2, 0) is 59.5 Å². The number of likely N-dealkylation sites (N-methyl/N-ethyl adjacent to an activating group) is 2. The van der Waals surface area contributed by atoms with Crippen LogP contribution in [0.2, 0.25) is 0 Å². The van der Waals surface area contributed by atoms with Crippen molar-refractivity contribution < 1.29 is 44.3 Å². The highest BCUT2D eigenvalue weighted by molar-refractivity contribution is 6.33. The average Bonchev–Trinajstić information content (AvgIpc) is 1.51. The van der Waals surface area contributed by atoms with Crippen LogP contribution in [0, 0.1) is 0 Å². The van der Waals surface area contributed by atoms with Crippen molar-refractivity contribution in [3.8, 4) is 0 Å². The smallest absolute Gasteiger partial charge is 0.252 e. The molecule has 0 unspecified atom stereocenters. The molecule has 4 aromatic heterocycles. The Morgan fingerprint density at radius 2 is 1.10 bits per heavy atom. The first-order chi connectivity index (χ1) is 43.1. The molecular weight excluding hydrogens is 1120 g/mol. The number of hydrogen-bond acceptors (Lipinski definition) is 10. The van der Waals surface area contributed by atoms with Crippen molar-refractivity contribution in [2.24, 2.45) is 0 Å². The fourth-order valence-electron chi connectivity index (χ4n) is 17.1. The molecule has 1 aliphatic carbocycles. The van der Waals surface area contributed by atoms with Crippen LogP contribution in [0.5, 0.6) is 0 Å². The molecule has 8 atom stereocenters. The number of Topliss-reactive ketones (excluding diaryl/α,β-unsaturated/α-hetero) is 1. The second kappa shape index (κ2) is 20.1. The minimum atomic E-state index is -1.02. The van der Waals surface area contributed by atoms with Gasteiger partial charge in [0.2, 0.25) is 11.8 Å². The number of carbonyl (C=O) groups excluding carboxylic acids is 5. The summed E-state index contributed by atoms with van der Waals surface area (Å²) in [4.78, 5) is 69.0. The zero-order valence-electron chi connectivity index (χ0n) is 51.0. The number of methoxy groups -OCH3 is 2. The van der Waals surface area contributed by atoms with Crippen LogP contribution in [-0.4, -0.2) is 124 Å². The van der Waals surface area contributed by atoms with Crippen molar-refractivity contribution in [1.29, 1.82) is 0 Å². The number of hydrogen-bond donors (Lipinski definition) is 3. The number of rotatable bonds is 10. The Labute approximate surface area is 513 Å². The Balaban J connectivity index is 0.000000149. The molecular formula is C71H71N9O9. The van der Waals surface area contributed by atoms with Gasteiger partial charge in [0.25, 0.3) is 11.8 Å². The van der Waals surface area contributed by atoms with Gasteiger partial charge in [-0.1, -0.05) is 84.9 Å². The van der Waals surface area contributed by atoms with Crippen LogP contribution in [0.25, 0.3) is 87.2 Å². The van der Waals surface area contributed by atoms with Crippen LogP contribution >= 0.6 is 0 Å². The summed E-state index contributed by atoms with van der Waals surface area (Å²) in [6.45, 7) is 5.36. The van der Waals surface area contributed by atoms with Crippen LogP contribution in [0.15, 0.2) is 121 Å². The number of benzene rings is 7. The molecule has 17 rings (SSSR count). The monoisotopic (exact) mass is 1190 g/mol. The van der Waals surface area contributed by atoms with E-state index in [0.29, 0.717) is 37.9 Å². The summed E-state index contributed by atoms with van der Waals surface area (Å²) < 4.78 is 36.5. The Bertz CT molecular complexity index is 4930. The Kier molecular flexibility index (Phi) is 12.5. The molecule has 0 spiro atoms. The molecule has 18 heteroatoms. The number of nitrogens with one attached hydrogen (secondary N) is 3. The van der Waals surface area contributed by atoms with Gasteiger partial charge in [0.1, 0.15) is 24.7 Å². The fraction of sp³-hybridized carbons (Fsp3) is 0.338. The Morgan fingerprint density at radius 3 is 1.64 bits per heavy atom. The lowest BCUT2D eigenvalue weighted by molar-refractivity contribution is -0.268. The molecule has 2 fully saturated rings. The van der Waals surface area contributed by atoms with Gasteiger partial charge in [-0.2, -0.15) is 0 Å². The summed E-state index contributed by atoms with van der Waals surface area (Å²) in [5.74, 6) is -0.233. The number of aromatic nitrogens is 4. The van der Waals surface area contributed by atoms with Crippen molar-refractivity contribution in [2.75, 3.05) is 42.4 Å². The van der Waals surface area contributed by atoms with Crippen LogP contribution < -0.4 is 16.0 Å². The summed E-state index contributed by atoms with van der Waals surface area (Å²) in [6.07, 6.45) is 1.08. The fourth-order valence-corrected chi connectivity index (χ4v) is 17.1. The van der Waals surface area contributed by atoms with Crippen molar-refractivity contribution in [3.63, 3.8) is 0 Å². The molecule has 4 amide bonds. The lowest BCUT2D eigenvalue weighted by Gasteiger charge is -2.50. The van der Waals surface area contributed by atoms with E-state index in [1.807, 2.05) is 55.5 Å². The first-order valence-electron chi connectivity index (χ1n) is 30.9. The number of ether oxygens (including phenoxy) is 4. The van der Waals surface area contributed by atoms with E-state index >= 15 is 0 Å². The average molecular weight is 1190 g/mol. The van der Waals surface area contributed by atoms with Crippen molar-refractivity contribution in [1.82, 2.24) is 44.0 Å². The van der Waals surface area contributed by atoms with Gasteiger partial charge in [-0.3, -0.25) is 28.9 Å². The van der Waals surface area contributed by atoms with Gasteiger partial charge in [0.15, 0.2) is 17.2 Å². The van der Waals surface area contributed by atoms with Gasteiger partial charge in [-0.05, 0) is 80.4 Å². The van der Waals surface area contributed by atoms with E-state index in [-0.39, 0.29) is 68.1 Å². The third kappa shape index (κ3) is 7.51. The third-order valence-corrected chi connectivity index (χ3v) is 20.8. The lowest BCUT2D eigenvalue weighted by Crippen LogP contribution is -2.61. The van der Waals surface area contributed by atoms with E-state index in [2.05, 4.69) is 126 Å². The van der Waals surface area contributed by atoms with Crippen molar-refractivity contribution in [2.45, 2.75) is 114 Å². The SMILES string of the molecule is CNC(=O)CCC(=O)N(C)[C@@H]1C[C@H]2O[C@@](C)([C@@H]1OC)n1c3ccccc3c3c4c(c5c6ccccc6n2c5c31)C(=O)NC4.CNC(=O)c1ccc(CN(C)[C@@H]2C[C@H]3O[C@@](C)([C@@H]2OC)n2c4ccccc4c4c5c(c6c7ccccc7n3c6c42)C(=O)CC5)cc1.[HH]. The van der Waals surface area contributed by atoms with Crippen LogP contribution in [0.1, 0.15) is 108 Å². The molecule has 4 bridgehead atoms. The molecule has 0 saturated carbocycles.